The Balaban J connectivity index is 1.59. The minimum absolute atomic E-state index is 0.682. The van der Waals surface area contributed by atoms with Gasteiger partial charge in [-0.3, -0.25) is 4.90 Å². The van der Waals surface area contributed by atoms with Crippen LogP contribution in [0.4, 0.5) is 0 Å². The summed E-state index contributed by atoms with van der Waals surface area (Å²) in [7, 11) is 0. The average molecular weight is 270 g/mol. The van der Waals surface area contributed by atoms with Crippen LogP contribution in [0.2, 0.25) is 0 Å². The van der Waals surface area contributed by atoms with E-state index in [1.165, 1.54) is 58.2 Å². The molecule has 1 N–H and O–H groups in total. The maximum atomic E-state index is 3.75. The Hall–Kier alpha value is -0.860. The topological polar surface area (TPSA) is 15.3 Å². The highest BCUT2D eigenvalue weighted by atomic mass is 15.2. The molecule has 1 aromatic carbocycles. The molecule has 0 radical (unpaired) electrons. The number of fused-ring (bicyclic) bond motifs is 2. The molecule has 108 valence electrons. The zero-order valence-electron chi connectivity index (χ0n) is 12.4. The van der Waals surface area contributed by atoms with Crippen molar-refractivity contribution in [3.05, 3.63) is 35.4 Å². The molecule has 2 aliphatic heterocycles. The highest BCUT2D eigenvalue weighted by Crippen LogP contribution is 2.37. The molecule has 2 nitrogen and oxygen atoms in total. The van der Waals surface area contributed by atoms with E-state index in [4.69, 9.17) is 0 Å². The van der Waals surface area contributed by atoms with Gasteiger partial charge in [-0.05, 0) is 55.7 Å². The van der Waals surface area contributed by atoms with Crippen LogP contribution in [0.25, 0.3) is 0 Å². The largest absolute Gasteiger partial charge is 0.312 e. The molecule has 4 rings (SSSR count). The van der Waals surface area contributed by atoms with Crippen LogP contribution in [-0.2, 0) is 6.42 Å². The molecule has 3 aliphatic rings. The van der Waals surface area contributed by atoms with E-state index < -0.39 is 0 Å². The smallest absolute Gasteiger partial charge is 0.0351 e. The molecule has 2 heteroatoms. The number of nitrogens with zero attached hydrogens (tertiary/aromatic N) is 1. The van der Waals surface area contributed by atoms with Gasteiger partial charge in [0.05, 0.1) is 0 Å². The van der Waals surface area contributed by atoms with Crippen molar-refractivity contribution in [1.82, 2.24) is 10.2 Å². The summed E-state index contributed by atoms with van der Waals surface area (Å²) in [5.74, 6) is 0.902. The monoisotopic (exact) mass is 270 g/mol. The van der Waals surface area contributed by atoms with Gasteiger partial charge < -0.3 is 5.32 Å². The van der Waals surface area contributed by atoms with E-state index in [1.807, 2.05) is 0 Å². The van der Waals surface area contributed by atoms with Crippen molar-refractivity contribution in [3.8, 4) is 0 Å². The first kappa shape index (κ1) is 12.8. The third kappa shape index (κ3) is 2.29. The van der Waals surface area contributed by atoms with Crippen LogP contribution in [-0.4, -0.2) is 30.6 Å². The summed E-state index contributed by atoms with van der Waals surface area (Å²) < 4.78 is 0. The van der Waals surface area contributed by atoms with Crippen LogP contribution in [0.1, 0.15) is 49.3 Å². The predicted molar refractivity (Wildman–Crippen MR) is 82.8 cm³/mol. The number of hydrogen-bond donors (Lipinski definition) is 1. The van der Waals surface area contributed by atoms with Crippen LogP contribution in [0.3, 0.4) is 0 Å². The highest BCUT2D eigenvalue weighted by molar-refractivity contribution is 5.31. The molecular weight excluding hydrogens is 244 g/mol. The Morgan fingerprint density at radius 3 is 2.90 bits per heavy atom. The molecule has 0 spiro atoms. The van der Waals surface area contributed by atoms with E-state index in [2.05, 4.69) is 34.5 Å². The van der Waals surface area contributed by atoms with Crippen molar-refractivity contribution in [3.63, 3.8) is 0 Å². The number of nitrogens with one attached hydrogen (secondary N) is 1. The molecule has 0 saturated carbocycles. The Kier molecular flexibility index (Phi) is 3.53. The number of rotatable bonds is 1. The van der Waals surface area contributed by atoms with Gasteiger partial charge in [0.25, 0.3) is 0 Å². The van der Waals surface area contributed by atoms with Gasteiger partial charge in [0.2, 0.25) is 0 Å². The van der Waals surface area contributed by atoms with E-state index in [9.17, 15) is 0 Å². The average Bonchev–Trinajstić information content (AvgIpc) is 2.80. The van der Waals surface area contributed by atoms with Crippen LogP contribution in [0.15, 0.2) is 24.3 Å². The van der Waals surface area contributed by atoms with Crippen molar-refractivity contribution in [2.24, 2.45) is 5.92 Å². The maximum absolute atomic E-state index is 3.75. The zero-order valence-corrected chi connectivity index (χ0v) is 12.4. The van der Waals surface area contributed by atoms with E-state index in [0.717, 1.165) is 12.0 Å². The molecule has 1 aliphatic carbocycles. The van der Waals surface area contributed by atoms with Crippen LogP contribution < -0.4 is 5.32 Å². The summed E-state index contributed by atoms with van der Waals surface area (Å²) in [4.78, 5) is 2.79. The summed E-state index contributed by atoms with van der Waals surface area (Å²) in [6.07, 6.45) is 8.20. The fourth-order valence-electron chi connectivity index (χ4n) is 4.61. The lowest BCUT2D eigenvalue weighted by molar-refractivity contribution is 0.222. The molecule has 3 unspecified atom stereocenters. The molecular formula is C18H26N2. The van der Waals surface area contributed by atoms with Crippen LogP contribution in [0.5, 0.6) is 0 Å². The normalized spacial score (nSPS) is 34.3. The summed E-state index contributed by atoms with van der Waals surface area (Å²) in [6.45, 7) is 3.82. The Labute approximate surface area is 122 Å². The van der Waals surface area contributed by atoms with E-state index >= 15 is 0 Å². The van der Waals surface area contributed by atoms with Crippen molar-refractivity contribution >= 4 is 0 Å². The highest BCUT2D eigenvalue weighted by Gasteiger charge is 2.38. The Morgan fingerprint density at radius 1 is 1.00 bits per heavy atom. The number of hydrogen-bond acceptors (Lipinski definition) is 2. The SMILES string of the molecule is c1ccc2c(c1)CCCCC2N1CC2CCCNC2C1. The molecule has 0 amide bonds. The van der Waals surface area contributed by atoms with Crippen molar-refractivity contribution in [2.45, 2.75) is 50.6 Å². The van der Waals surface area contributed by atoms with E-state index in [1.54, 1.807) is 11.1 Å². The van der Waals surface area contributed by atoms with Gasteiger partial charge >= 0.3 is 0 Å². The Bertz CT molecular complexity index is 456. The minimum atomic E-state index is 0.682. The number of aryl methyl sites for hydroxylation is 1. The van der Waals surface area contributed by atoms with Crippen molar-refractivity contribution in [2.75, 3.05) is 19.6 Å². The number of likely N-dealkylation sites (tertiary alicyclic amines) is 1. The predicted octanol–water partition coefficient (Wildman–Crippen LogP) is 3.14. The first-order valence-corrected chi connectivity index (χ1v) is 8.47. The maximum Gasteiger partial charge on any atom is 0.0351 e. The molecule has 2 saturated heterocycles. The molecule has 1 aromatic rings. The zero-order chi connectivity index (χ0) is 13.4. The lowest BCUT2D eigenvalue weighted by Gasteiger charge is -2.28. The van der Waals surface area contributed by atoms with Gasteiger partial charge in [-0.2, -0.15) is 0 Å². The van der Waals surface area contributed by atoms with Gasteiger partial charge in [0.1, 0.15) is 0 Å². The molecule has 3 atom stereocenters. The Morgan fingerprint density at radius 2 is 1.95 bits per heavy atom. The quantitative estimate of drug-likeness (QED) is 0.789. The molecule has 0 bridgehead atoms. The molecule has 20 heavy (non-hydrogen) atoms. The fraction of sp³-hybridized carbons (Fsp3) is 0.667. The standard InChI is InChI=1S/C18H26N2/c1-3-9-16-14(6-1)7-2-4-10-18(16)20-12-15-8-5-11-19-17(15)13-20/h1,3,6,9,15,17-19H,2,4-5,7-8,10-13H2. The second kappa shape index (κ2) is 5.50. The van der Waals surface area contributed by atoms with Gasteiger partial charge in [0, 0.05) is 25.2 Å². The van der Waals surface area contributed by atoms with Gasteiger partial charge in [-0.15, -0.1) is 0 Å². The molecule has 2 heterocycles. The molecule has 2 fully saturated rings. The number of benzene rings is 1. The van der Waals surface area contributed by atoms with Gasteiger partial charge in [0.15, 0.2) is 0 Å². The fourth-order valence-corrected chi connectivity index (χ4v) is 4.61. The third-order valence-electron chi connectivity index (χ3n) is 5.66. The van der Waals surface area contributed by atoms with Crippen molar-refractivity contribution in [1.29, 1.82) is 0 Å². The second-order valence-electron chi connectivity index (χ2n) is 6.88. The third-order valence-corrected chi connectivity index (χ3v) is 5.66. The summed E-state index contributed by atoms with van der Waals surface area (Å²) in [6, 6.07) is 10.6. The first-order chi connectivity index (χ1) is 9.92. The summed E-state index contributed by atoms with van der Waals surface area (Å²) in [5.41, 5.74) is 3.24. The van der Waals surface area contributed by atoms with Crippen LogP contribution >= 0.6 is 0 Å². The van der Waals surface area contributed by atoms with Crippen LogP contribution in [0, 0.1) is 5.92 Å². The lowest BCUT2D eigenvalue weighted by Crippen LogP contribution is -2.40. The number of piperidine rings is 1. The van der Waals surface area contributed by atoms with E-state index in [-0.39, 0.29) is 0 Å². The minimum Gasteiger partial charge on any atom is -0.312 e. The van der Waals surface area contributed by atoms with Gasteiger partial charge in [-0.1, -0.05) is 30.7 Å². The summed E-state index contributed by atoms with van der Waals surface area (Å²) in [5, 5.41) is 3.75. The second-order valence-corrected chi connectivity index (χ2v) is 6.88. The summed E-state index contributed by atoms with van der Waals surface area (Å²) >= 11 is 0. The van der Waals surface area contributed by atoms with Gasteiger partial charge in [-0.25, -0.2) is 0 Å². The molecule has 0 aromatic heterocycles. The lowest BCUT2D eigenvalue weighted by atomic mass is 9.94. The van der Waals surface area contributed by atoms with E-state index in [0.29, 0.717) is 6.04 Å². The first-order valence-electron chi connectivity index (χ1n) is 8.47. The van der Waals surface area contributed by atoms with Crippen molar-refractivity contribution < 1.29 is 0 Å².